The Balaban J connectivity index is 2.40. The van der Waals surface area contributed by atoms with E-state index in [1.165, 1.54) is 32.5 Å². The molecule has 0 aromatic carbocycles. The second-order valence-corrected chi connectivity index (χ2v) is 5.69. The number of hydrogen-bond donors (Lipinski definition) is 1. The third-order valence-corrected chi connectivity index (χ3v) is 4.42. The molecular formula is C14H31N3. The van der Waals surface area contributed by atoms with Crippen molar-refractivity contribution in [3.8, 4) is 0 Å². The average molecular weight is 241 g/mol. The summed E-state index contributed by atoms with van der Waals surface area (Å²) in [5.74, 6) is 0. The Morgan fingerprint density at radius 1 is 1.29 bits per heavy atom. The molecule has 0 aromatic heterocycles. The quantitative estimate of drug-likeness (QED) is 0.739. The van der Waals surface area contributed by atoms with Crippen LogP contribution in [-0.2, 0) is 0 Å². The van der Waals surface area contributed by atoms with Crippen molar-refractivity contribution >= 4 is 0 Å². The van der Waals surface area contributed by atoms with Crippen LogP contribution in [0, 0.1) is 0 Å². The molecular weight excluding hydrogens is 210 g/mol. The molecule has 1 heterocycles. The molecule has 2 N–H and O–H groups in total. The van der Waals surface area contributed by atoms with Crippen molar-refractivity contribution < 1.29 is 0 Å². The van der Waals surface area contributed by atoms with Gasteiger partial charge in [0.2, 0.25) is 0 Å². The van der Waals surface area contributed by atoms with Crippen LogP contribution in [0.4, 0.5) is 0 Å². The molecule has 1 saturated heterocycles. The summed E-state index contributed by atoms with van der Waals surface area (Å²) in [5, 5.41) is 0. The molecule has 0 aliphatic carbocycles. The molecule has 0 aromatic rings. The van der Waals surface area contributed by atoms with Gasteiger partial charge in [-0.25, -0.2) is 0 Å². The molecule has 0 saturated carbocycles. The monoisotopic (exact) mass is 241 g/mol. The Morgan fingerprint density at radius 2 is 1.94 bits per heavy atom. The van der Waals surface area contributed by atoms with Crippen LogP contribution < -0.4 is 5.73 Å². The molecule has 1 aliphatic heterocycles. The molecule has 1 fully saturated rings. The number of nitrogens with zero attached hydrogens (tertiary/aromatic N) is 2. The van der Waals surface area contributed by atoms with Crippen molar-refractivity contribution in [2.45, 2.75) is 58.0 Å². The first-order chi connectivity index (χ1) is 8.04. The highest BCUT2D eigenvalue weighted by molar-refractivity contribution is 4.87. The smallest absolute Gasteiger partial charge is 0.0278 e. The van der Waals surface area contributed by atoms with Crippen molar-refractivity contribution in [2.24, 2.45) is 5.73 Å². The average Bonchev–Trinajstić information content (AvgIpc) is 2.75. The molecule has 102 valence electrons. The van der Waals surface area contributed by atoms with Gasteiger partial charge in [0.05, 0.1) is 0 Å². The molecule has 0 bridgehead atoms. The zero-order valence-corrected chi connectivity index (χ0v) is 12.2. The van der Waals surface area contributed by atoms with Crippen LogP contribution in [0.2, 0.25) is 0 Å². The van der Waals surface area contributed by atoms with E-state index in [0.717, 1.165) is 25.4 Å². The third kappa shape index (κ3) is 4.23. The molecule has 0 amide bonds. The lowest BCUT2D eigenvalue weighted by atomic mass is 9.93. The maximum atomic E-state index is 6.38. The molecule has 3 heteroatoms. The number of likely N-dealkylation sites (N-methyl/N-ethyl adjacent to an activating group) is 2. The first-order valence-corrected chi connectivity index (χ1v) is 7.26. The fraction of sp³-hybridized carbons (Fsp3) is 1.00. The summed E-state index contributed by atoms with van der Waals surface area (Å²) in [5.41, 5.74) is 6.39. The normalized spacial score (nSPS) is 22.6. The lowest BCUT2D eigenvalue weighted by molar-refractivity contribution is 0.168. The highest BCUT2D eigenvalue weighted by Crippen LogP contribution is 2.19. The number of likely N-dealkylation sites (tertiary alicyclic amines) is 1. The number of hydrogen-bond acceptors (Lipinski definition) is 3. The summed E-state index contributed by atoms with van der Waals surface area (Å²) in [6.07, 6.45) is 4.85. The zero-order chi connectivity index (χ0) is 12.9. The Kier molecular flexibility index (Phi) is 5.90. The fourth-order valence-electron chi connectivity index (χ4n) is 2.95. The van der Waals surface area contributed by atoms with E-state index in [2.05, 4.69) is 37.6 Å². The second kappa shape index (κ2) is 6.72. The van der Waals surface area contributed by atoms with E-state index < -0.39 is 0 Å². The maximum absolute atomic E-state index is 6.38. The van der Waals surface area contributed by atoms with Gasteiger partial charge in [0.25, 0.3) is 0 Å². The highest BCUT2D eigenvalue weighted by Gasteiger charge is 2.27. The molecule has 1 unspecified atom stereocenters. The Morgan fingerprint density at radius 3 is 2.47 bits per heavy atom. The lowest BCUT2D eigenvalue weighted by Crippen LogP contribution is -2.50. The molecule has 0 spiro atoms. The molecule has 1 rings (SSSR count). The van der Waals surface area contributed by atoms with Crippen molar-refractivity contribution in [1.29, 1.82) is 0 Å². The van der Waals surface area contributed by atoms with E-state index in [0.29, 0.717) is 0 Å². The predicted molar refractivity (Wildman–Crippen MR) is 75.3 cm³/mol. The molecule has 0 radical (unpaired) electrons. The minimum atomic E-state index is 0.00436. The largest absolute Gasteiger partial charge is 0.324 e. The van der Waals surface area contributed by atoms with Crippen molar-refractivity contribution in [3.63, 3.8) is 0 Å². The third-order valence-electron chi connectivity index (χ3n) is 4.42. The number of rotatable bonds is 7. The Labute approximate surface area is 107 Å². The molecule has 1 aliphatic rings. The molecule has 3 nitrogen and oxygen atoms in total. The van der Waals surface area contributed by atoms with Gasteiger partial charge in [-0.3, -0.25) is 4.90 Å². The summed E-state index contributed by atoms with van der Waals surface area (Å²) >= 11 is 0. The van der Waals surface area contributed by atoms with Crippen LogP contribution >= 0.6 is 0 Å². The van der Waals surface area contributed by atoms with Crippen molar-refractivity contribution in [1.82, 2.24) is 9.80 Å². The first kappa shape index (κ1) is 14.9. The van der Waals surface area contributed by atoms with Gasteiger partial charge >= 0.3 is 0 Å². The maximum Gasteiger partial charge on any atom is 0.0278 e. The minimum absolute atomic E-state index is 0.00436. The van der Waals surface area contributed by atoms with Crippen LogP contribution in [0.5, 0.6) is 0 Å². The predicted octanol–water partition coefficient (Wildman–Crippen LogP) is 1.92. The summed E-state index contributed by atoms with van der Waals surface area (Å²) in [6.45, 7) is 11.3. The van der Waals surface area contributed by atoms with Crippen LogP contribution in [0.25, 0.3) is 0 Å². The lowest BCUT2D eigenvalue weighted by Gasteiger charge is -2.34. The van der Waals surface area contributed by atoms with E-state index in [4.69, 9.17) is 5.73 Å². The van der Waals surface area contributed by atoms with E-state index in [1.54, 1.807) is 0 Å². The van der Waals surface area contributed by atoms with Gasteiger partial charge < -0.3 is 10.6 Å². The fourth-order valence-corrected chi connectivity index (χ4v) is 2.95. The van der Waals surface area contributed by atoms with Crippen LogP contribution in [0.1, 0.15) is 46.5 Å². The minimum Gasteiger partial charge on any atom is -0.324 e. The second-order valence-electron chi connectivity index (χ2n) is 5.69. The van der Waals surface area contributed by atoms with Crippen molar-refractivity contribution in [2.75, 3.05) is 33.2 Å². The highest BCUT2D eigenvalue weighted by atomic mass is 15.2. The Hall–Kier alpha value is -0.120. The topological polar surface area (TPSA) is 32.5 Å². The summed E-state index contributed by atoms with van der Waals surface area (Å²) in [7, 11) is 2.22. The van der Waals surface area contributed by atoms with E-state index >= 15 is 0 Å². The van der Waals surface area contributed by atoms with Gasteiger partial charge in [0.1, 0.15) is 0 Å². The SMILES string of the molecule is CCN1CCCC1CN(C)CC(N)(CC)CC. The summed E-state index contributed by atoms with van der Waals surface area (Å²) < 4.78 is 0. The first-order valence-electron chi connectivity index (χ1n) is 7.26. The zero-order valence-electron chi connectivity index (χ0n) is 12.2. The van der Waals surface area contributed by atoms with Crippen LogP contribution in [-0.4, -0.2) is 54.6 Å². The van der Waals surface area contributed by atoms with Gasteiger partial charge in [-0.15, -0.1) is 0 Å². The van der Waals surface area contributed by atoms with Crippen LogP contribution in [0.15, 0.2) is 0 Å². The van der Waals surface area contributed by atoms with Gasteiger partial charge in [-0.05, 0) is 45.8 Å². The van der Waals surface area contributed by atoms with Gasteiger partial charge in [0.15, 0.2) is 0 Å². The van der Waals surface area contributed by atoms with Crippen LogP contribution in [0.3, 0.4) is 0 Å². The van der Waals surface area contributed by atoms with Gasteiger partial charge in [-0.2, -0.15) is 0 Å². The van der Waals surface area contributed by atoms with E-state index in [1.807, 2.05) is 0 Å². The molecule has 1 atom stereocenters. The molecule has 17 heavy (non-hydrogen) atoms. The standard InChI is InChI=1S/C14H31N3/c1-5-14(15,6-2)12-16(4)11-13-9-8-10-17(13)7-3/h13H,5-12,15H2,1-4H3. The van der Waals surface area contributed by atoms with E-state index in [-0.39, 0.29) is 5.54 Å². The van der Waals surface area contributed by atoms with Crippen molar-refractivity contribution in [3.05, 3.63) is 0 Å². The van der Waals surface area contributed by atoms with E-state index in [9.17, 15) is 0 Å². The van der Waals surface area contributed by atoms with Gasteiger partial charge in [-0.1, -0.05) is 20.8 Å². The Bertz CT molecular complexity index is 214. The summed E-state index contributed by atoms with van der Waals surface area (Å²) in [6, 6.07) is 0.753. The summed E-state index contributed by atoms with van der Waals surface area (Å²) in [4.78, 5) is 5.04. The number of nitrogens with two attached hydrogens (primary N) is 1. The van der Waals surface area contributed by atoms with Gasteiger partial charge in [0, 0.05) is 24.7 Å².